The van der Waals surface area contributed by atoms with Crippen LogP contribution in [0.4, 0.5) is 5.69 Å². The highest BCUT2D eigenvalue weighted by Gasteiger charge is 2.26. The van der Waals surface area contributed by atoms with Gasteiger partial charge in [0.05, 0.1) is 11.7 Å². The maximum atomic E-state index is 12.3. The van der Waals surface area contributed by atoms with Gasteiger partial charge in [-0.25, -0.2) is 5.01 Å². The molecule has 1 atom stereocenters. The molecule has 0 fully saturated rings. The van der Waals surface area contributed by atoms with Crippen molar-refractivity contribution in [3.63, 3.8) is 0 Å². The van der Waals surface area contributed by atoms with Crippen LogP contribution in [-0.4, -0.2) is 34.3 Å². The van der Waals surface area contributed by atoms with Crippen LogP contribution in [0.25, 0.3) is 0 Å². The van der Waals surface area contributed by atoms with Crippen LogP contribution in [0.2, 0.25) is 0 Å². The second kappa shape index (κ2) is 6.49. The molecule has 0 bridgehead atoms. The number of hydrazine groups is 1. The lowest BCUT2D eigenvalue weighted by molar-refractivity contribution is -0.118. The molecule has 0 saturated carbocycles. The highest BCUT2D eigenvalue weighted by molar-refractivity contribution is 6.39. The van der Waals surface area contributed by atoms with Gasteiger partial charge in [0, 0.05) is 0 Å². The van der Waals surface area contributed by atoms with Crippen molar-refractivity contribution in [2.75, 3.05) is 11.6 Å². The summed E-state index contributed by atoms with van der Waals surface area (Å²) in [6, 6.07) is 6.90. The summed E-state index contributed by atoms with van der Waals surface area (Å²) in [5.41, 5.74) is 4.46. The molecule has 1 aliphatic heterocycles. The SMILES string of the molecule is Cc1ccc(N2NC(C(=O)N[C@H](C)c3ncon3)=NCC2=O)cc1. The number of hydrogen-bond donors (Lipinski definition) is 2. The Balaban J connectivity index is 1.71. The van der Waals surface area contributed by atoms with Gasteiger partial charge in [0.25, 0.3) is 11.8 Å². The Kier molecular flexibility index (Phi) is 4.23. The van der Waals surface area contributed by atoms with Crippen LogP contribution in [0.5, 0.6) is 0 Å². The summed E-state index contributed by atoms with van der Waals surface area (Å²) >= 11 is 0. The molecule has 24 heavy (non-hydrogen) atoms. The average molecular weight is 328 g/mol. The second-order valence-electron chi connectivity index (χ2n) is 5.33. The number of rotatable bonds is 4. The van der Waals surface area contributed by atoms with E-state index >= 15 is 0 Å². The van der Waals surface area contributed by atoms with Gasteiger partial charge in [-0.3, -0.25) is 20.0 Å². The fourth-order valence-corrected chi connectivity index (χ4v) is 2.15. The first kappa shape index (κ1) is 15.7. The average Bonchev–Trinajstić information content (AvgIpc) is 3.11. The molecule has 2 N–H and O–H groups in total. The summed E-state index contributed by atoms with van der Waals surface area (Å²) < 4.78 is 4.65. The number of aliphatic imine (C=N–C) groups is 1. The van der Waals surface area contributed by atoms with Crippen molar-refractivity contribution in [3.05, 3.63) is 42.0 Å². The number of benzene rings is 1. The number of nitrogens with zero attached hydrogens (tertiary/aromatic N) is 4. The van der Waals surface area contributed by atoms with Gasteiger partial charge in [-0.2, -0.15) is 4.98 Å². The van der Waals surface area contributed by atoms with Crippen molar-refractivity contribution < 1.29 is 14.1 Å². The molecule has 1 aromatic carbocycles. The van der Waals surface area contributed by atoms with Crippen LogP contribution >= 0.6 is 0 Å². The standard InChI is InChI=1S/C15H16N6O3/c1-9-3-5-11(6-4-9)21-12(22)7-16-14(19-21)15(23)18-10(2)13-17-8-24-20-13/h3-6,8,10H,7H2,1-2H3,(H,16,19)(H,18,23)/t10-/m1/s1. The van der Waals surface area contributed by atoms with E-state index in [9.17, 15) is 9.59 Å². The van der Waals surface area contributed by atoms with Gasteiger partial charge in [-0.15, -0.1) is 0 Å². The molecule has 0 radical (unpaired) electrons. The number of anilines is 1. The monoisotopic (exact) mass is 328 g/mol. The van der Waals surface area contributed by atoms with Crippen molar-refractivity contribution >= 4 is 23.3 Å². The molecule has 9 heteroatoms. The third-order valence-corrected chi connectivity index (χ3v) is 3.46. The number of amidine groups is 1. The third kappa shape index (κ3) is 3.24. The molecule has 2 amide bonds. The van der Waals surface area contributed by atoms with Crippen molar-refractivity contribution in [2.24, 2.45) is 4.99 Å². The molecule has 9 nitrogen and oxygen atoms in total. The molecule has 1 aromatic heterocycles. The molecule has 3 rings (SSSR count). The molecule has 0 unspecified atom stereocenters. The maximum Gasteiger partial charge on any atom is 0.288 e. The lowest BCUT2D eigenvalue weighted by Crippen LogP contribution is -2.56. The minimum absolute atomic E-state index is 0.0468. The zero-order valence-electron chi connectivity index (χ0n) is 13.2. The molecule has 0 saturated heterocycles. The third-order valence-electron chi connectivity index (χ3n) is 3.46. The van der Waals surface area contributed by atoms with E-state index in [2.05, 4.69) is 30.4 Å². The largest absolute Gasteiger partial charge is 0.343 e. The molecule has 2 heterocycles. The first-order valence-electron chi connectivity index (χ1n) is 7.32. The van der Waals surface area contributed by atoms with E-state index in [1.54, 1.807) is 19.1 Å². The van der Waals surface area contributed by atoms with E-state index < -0.39 is 11.9 Å². The normalized spacial score (nSPS) is 15.5. The molecular weight excluding hydrogens is 312 g/mol. The number of aryl methyl sites for hydroxylation is 1. The Bertz CT molecular complexity index is 769. The topological polar surface area (TPSA) is 113 Å². The van der Waals surface area contributed by atoms with Crippen molar-refractivity contribution in [1.29, 1.82) is 0 Å². The van der Waals surface area contributed by atoms with E-state index in [1.807, 2.05) is 19.1 Å². The van der Waals surface area contributed by atoms with E-state index in [0.717, 1.165) is 5.56 Å². The predicted octanol–water partition coefficient (Wildman–Crippen LogP) is 0.505. The molecule has 1 aliphatic rings. The highest BCUT2D eigenvalue weighted by atomic mass is 16.5. The zero-order chi connectivity index (χ0) is 17.1. The molecule has 124 valence electrons. The fraction of sp³-hybridized carbons (Fsp3) is 0.267. The number of carbonyl (C=O) groups excluding carboxylic acids is 2. The maximum absolute atomic E-state index is 12.3. The predicted molar refractivity (Wildman–Crippen MR) is 85.0 cm³/mol. The number of aromatic nitrogens is 2. The summed E-state index contributed by atoms with van der Waals surface area (Å²) in [4.78, 5) is 32.2. The fourth-order valence-electron chi connectivity index (χ4n) is 2.15. The zero-order valence-corrected chi connectivity index (χ0v) is 13.2. The number of hydrogen-bond acceptors (Lipinski definition) is 7. The Labute approximate surface area is 137 Å². The summed E-state index contributed by atoms with van der Waals surface area (Å²) in [5.74, 6) is -0.310. The molecular formula is C15H16N6O3. The lowest BCUT2D eigenvalue weighted by atomic mass is 10.2. The quantitative estimate of drug-likeness (QED) is 0.845. The van der Waals surface area contributed by atoms with Gasteiger partial charge >= 0.3 is 0 Å². The van der Waals surface area contributed by atoms with Gasteiger partial charge in [-0.05, 0) is 26.0 Å². The number of amides is 2. The molecule has 0 spiro atoms. The minimum atomic E-state index is -0.461. The summed E-state index contributed by atoms with van der Waals surface area (Å²) in [6.07, 6.45) is 1.19. The number of nitrogens with one attached hydrogen (secondary N) is 2. The van der Waals surface area contributed by atoms with Crippen molar-refractivity contribution in [1.82, 2.24) is 20.9 Å². The van der Waals surface area contributed by atoms with Crippen LogP contribution in [0, 0.1) is 6.92 Å². The van der Waals surface area contributed by atoms with Crippen LogP contribution in [-0.2, 0) is 9.59 Å². The van der Waals surface area contributed by atoms with Crippen LogP contribution in [0.1, 0.15) is 24.4 Å². The summed E-state index contributed by atoms with van der Waals surface area (Å²) in [5, 5.41) is 7.67. The van der Waals surface area contributed by atoms with Gasteiger partial charge in [0.1, 0.15) is 6.54 Å². The van der Waals surface area contributed by atoms with Crippen molar-refractivity contribution in [2.45, 2.75) is 19.9 Å². The summed E-state index contributed by atoms with van der Waals surface area (Å²) in [6.45, 7) is 3.56. The van der Waals surface area contributed by atoms with E-state index in [-0.39, 0.29) is 18.3 Å². The molecule has 0 aliphatic carbocycles. The van der Waals surface area contributed by atoms with Crippen LogP contribution < -0.4 is 15.8 Å². The van der Waals surface area contributed by atoms with Crippen LogP contribution in [0.15, 0.2) is 40.2 Å². The lowest BCUT2D eigenvalue weighted by Gasteiger charge is -2.28. The van der Waals surface area contributed by atoms with Gasteiger partial charge in [0.2, 0.25) is 12.2 Å². The van der Waals surface area contributed by atoms with E-state index in [4.69, 9.17) is 0 Å². The Morgan fingerprint density at radius 1 is 1.38 bits per heavy atom. The van der Waals surface area contributed by atoms with Crippen molar-refractivity contribution in [3.8, 4) is 0 Å². The first-order valence-corrected chi connectivity index (χ1v) is 7.32. The Hall–Kier alpha value is -3.23. The van der Waals surface area contributed by atoms with Gasteiger partial charge in [0.15, 0.2) is 5.82 Å². The summed E-state index contributed by atoms with van der Waals surface area (Å²) in [7, 11) is 0. The minimum Gasteiger partial charge on any atom is -0.343 e. The Morgan fingerprint density at radius 3 is 2.79 bits per heavy atom. The van der Waals surface area contributed by atoms with Gasteiger partial charge in [-0.1, -0.05) is 22.9 Å². The molecule has 2 aromatic rings. The van der Waals surface area contributed by atoms with E-state index in [0.29, 0.717) is 11.5 Å². The smallest absolute Gasteiger partial charge is 0.288 e. The Morgan fingerprint density at radius 2 is 2.12 bits per heavy atom. The highest BCUT2D eigenvalue weighted by Crippen LogP contribution is 2.15. The van der Waals surface area contributed by atoms with E-state index in [1.165, 1.54) is 11.4 Å². The number of carbonyl (C=O) groups is 2. The first-order chi connectivity index (χ1) is 11.5. The van der Waals surface area contributed by atoms with Crippen LogP contribution in [0.3, 0.4) is 0 Å². The van der Waals surface area contributed by atoms with Gasteiger partial charge < -0.3 is 9.84 Å². The second-order valence-corrected chi connectivity index (χ2v) is 5.33.